The lowest BCUT2D eigenvalue weighted by molar-refractivity contribution is -0.159. The standard InChI is InChI=1S/C22H32N2O5/c1-16(25)24(15-20(26)29-22(2,3)4)18-7-6-13-23(14-12-18)21(27)17-8-10-19(28-5)11-9-17/h8-11,18H,6-7,12-15H2,1-5H3/t18-/m1/s1. The number of carbonyl (C=O) groups excluding carboxylic acids is 3. The van der Waals surface area contributed by atoms with Crippen LogP contribution in [-0.2, 0) is 14.3 Å². The molecule has 1 aliphatic rings. The number of ether oxygens (including phenoxy) is 2. The number of carbonyl (C=O) groups is 3. The number of likely N-dealkylation sites (tertiary alicyclic amines) is 1. The third kappa shape index (κ3) is 6.76. The van der Waals surface area contributed by atoms with Gasteiger partial charge in [0.1, 0.15) is 17.9 Å². The molecule has 0 aromatic heterocycles. The van der Waals surface area contributed by atoms with Crippen LogP contribution in [0.4, 0.5) is 0 Å². The average Bonchev–Trinajstić information content (AvgIpc) is 2.90. The van der Waals surface area contributed by atoms with Gasteiger partial charge in [0.05, 0.1) is 7.11 Å². The van der Waals surface area contributed by atoms with Crippen molar-refractivity contribution in [2.45, 2.75) is 58.6 Å². The maximum atomic E-state index is 12.8. The maximum Gasteiger partial charge on any atom is 0.326 e. The Morgan fingerprint density at radius 3 is 2.31 bits per heavy atom. The van der Waals surface area contributed by atoms with E-state index in [-0.39, 0.29) is 24.4 Å². The van der Waals surface area contributed by atoms with Crippen LogP contribution in [0.15, 0.2) is 24.3 Å². The molecule has 1 aromatic rings. The minimum Gasteiger partial charge on any atom is -0.497 e. The molecule has 0 N–H and O–H groups in total. The molecule has 7 nitrogen and oxygen atoms in total. The topological polar surface area (TPSA) is 76.2 Å². The predicted molar refractivity (Wildman–Crippen MR) is 110 cm³/mol. The molecular formula is C22H32N2O5. The molecular weight excluding hydrogens is 372 g/mol. The van der Waals surface area contributed by atoms with E-state index in [4.69, 9.17) is 9.47 Å². The molecule has 0 saturated carbocycles. The molecule has 1 fully saturated rings. The van der Waals surface area contributed by atoms with Gasteiger partial charge in [0.2, 0.25) is 5.91 Å². The van der Waals surface area contributed by atoms with Crippen molar-refractivity contribution in [2.75, 3.05) is 26.7 Å². The van der Waals surface area contributed by atoms with Crippen LogP contribution in [0.1, 0.15) is 57.3 Å². The van der Waals surface area contributed by atoms with Crippen LogP contribution in [0.25, 0.3) is 0 Å². The molecule has 160 valence electrons. The van der Waals surface area contributed by atoms with Crippen LogP contribution >= 0.6 is 0 Å². The first-order valence-corrected chi connectivity index (χ1v) is 10.0. The Balaban J connectivity index is 2.01. The summed E-state index contributed by atoms with van der Waals surface area (Å²) in [7, 11) is 1.59. The minimum absolute atomic E-state index is 0.0326. The van der Waals surface area contributed by atoms with E-state index in [0.29, 0.717) is 30.8 Å². The number of amides is 2. The molecule has 0 bridgehead atoms. The molecule has 29 heavy (non-hydrogen) atoms. The molecule has 2 rings (SSSR count). The summed E-state index contributed by atoms with van der Waals surface area (Å²) >= 11 is 0. The first-order chi connectivity index (χ1) is 13.6. The maximum absolute atomic E-state index is 12.8. The van der Waals surface area contributed by atoms with Crippen molar-refractivity contribution < 1.29 is 23.9 Å². The molecule has 0 unspecified atom stereocenters. The van der Waals surface area contributed by atoms with Gasteiger partial charge in [-0.25, -0.2) is 0 Å². The lowest BCUT2D eigenvalue weighted by atomic mass is 10.1. The van der Waals surface area contributed by atoms with Crippen LogP contribution in [0.2, 0.25) is 0 Å². The number of benzene rings is 1. The largest absolute Gasteiger partial charge is 0.497 e. The second kappa shape index (κ2) is 9.76. The van der Waals surface area contributed by atoms with Gasteiger partial charge in [-0.1, -0.05) is 0 Å². The third-order valence-corrected chi connectivity index (χ3v) is 4.89. The monoisotopic (exact) mass is 404 g/mol. The lowest BCUT2D eigenvalue weighted by Crippen LogP contribution is -2.44. The van der Waals surface area contributed by atoms with E-state index in [1.165, 1.54) is 6.92 Å². The van der Waals surface area contributed by atoms with Gasteiger partial charge in [-0.05, 0) is 64.3 Å². The van der Waals surface area contributed by atoms with Gasteiger partial charge < -0.3 is 19.3 Å². The third-order valence-electron chi connectivity index (χ3n) is 4.89. The first kappa shape index (κ1) is 22.7. The van der Waals surface area contributed by atoms with Crippen LogP contribution in [0.3, 0.4) is 0 Å². The molecule has 1 heterocycles. The first-order valence-electron chi connectivity index (χ1n) is 10.0. The lowest BCUT2D eigenvalue weighted by Gasteiger charge is -2.31. The summed E-state index contributed by atoms with van der Waals surface area (Å²) in [6.07, 6.45) is 2.14. The molecule has 2 amide bonds. The minimum atomic E-state index is -0.593. The summed E-state index contributed by atoms with van der Waals surface area (Å²) in [6, 6.07) is 6.97. The van der Waals surface area contributed by atoms with Gasteiger partial charge in [-0.2, -0.15) is 0 Å². The van der Waals surface area contributed by atoms with Crippen molar-refractivity contribution >= 4 is 17.8 Å². The Labute approximate surface area is 172 Å². The highest BCUT2D eigenvalue weighted by molar-refractivity contribution is 5.94. The van der Waals surface area contributed by atoms with Crippen molar-refractivity contribution in [1.29, 1.82) is 0 Å². The average molecular weight is 405 g/mol. The van der Waals surface area contributed by atoms with E-state index in [1.807, 2.05) is 4.90 Å². The number of rotatable bonds is 5. The van der Waals surface area contributed by atoms with Crippen LogP contribution in [-0.4, -0.2) is 66.0 Å². The van der Waals surface area contributed by atoms with Crippen molar-refractivity contribution in [3.05, 3.63) is 29.8 Å². The van der Waals surface area contributed by atoms with Crippen molar-refractivity contribution in [3.63, 3.8) is 0 Å². The normalized spacial score (nSPS) is 17.3. The zero-order valence-corrected chi connectivity index (χ0v) is 18.1. The highest BCUT2D eigenvalue weighted by atomic mass is 16.6. The fourth-order valence-electron chi connectivity index (χ4n) is 3.52. The second-order valence-corrected chi connectivity index (χ2v) is 8.34. The van der Waals surface area contributed by atoms with E-state index >= 15 is 0 Å². The summed E-state index contributed by atoms with van der Waals surface area (Å²) in [6.45, 7) is 7.97. The van der Waals surface area contributed by atoms with E-state index < -0.39 is 11.6 Å². The zero-order chi connectivity index (χ0) is 21.6. The predicted octanol–water partition coefficient (Wildman–Crippen LogP) is 2.88. The Morgan fingerprint density at radius 2 is 1.76 bits per heavy atom. The van der Waals surface area contributed by atoms with Gasteiger partial charge in [-0.15, -0.1) is 0 Å². The zero-order valence-electron chi connectivity index (χ0n) is 18.1. The molecule has 1 saturated heterocycles. The van der Waals surface area contributed by atoms with E-state index in [0.717, 1.165) is 12.8 Å². The SMILES string of the molecule is COc1ccc(C(=O)N2CCC[C@@H](N(CC(=O)OC(C)(C)C)C(C)=O)CC2)cc1. The fraction of sp³-hybridized carbons (Fsp3) is 0.591. The molecule has 1 aromatic carbocycles. The number of methoxy groups -OCH3 is 1. The smallest absolute Gasteiger partial charge is 0.326 e. The Hall–Kier alpha value is -2.57. The molecule has 0 radical (unpaired) electrons. The quantitative estimate of drug-likeness (QED) is 0.706. The van der Waals surface area contributed by atoms with Crippen LogP contribution < -0.4 is 4.74 Å². The second-order valence-electron chi connectivity index (χ2n) is 8.34. The Morgan fingerprint density at radius 1 is 1.10 bits per heavy atom. The molecule has 0 aliphatic carbocycles. The van der Waals surface area contributed by atoms with Gasteiger partial charge in [-0.3, -0.25) is 14.4 Å². The highest BCUT2D eigenvalue weighted by Crippen LogP contribution is 2.20. The van der Waals surface area contributed by atoms with E-state index in [9.17, 15) is 14.4 Å². The summed E-state index contributed by atoms with van der Waals surface area (Å²) < 4.78 is 10.5. The van der Waals surface area contributed by atoms with Gasteiger partial charge >= 0.3 is 5.97 Å². The fourth-order valence-corrected chi connectivity index (χ4v) is 3.52. The van der Waals surface area contributed by atoms with Crippen molar-refractivity contribution in [3.8, 4) is 5.75 Å². The van der Waals surface area contributed by atoms with Crippen LogP contribution in [0.5, 0.6) is 5.75 Å². The Bertz CT molecular complexity index is 724. The van der Waals surface area contributed by atoms with E-state index in [1.54, 1.807) is 57.0 Å². The molecule has 7 heteroatoms. The molecule has 1 aliphatic heterocycles. The molecule has 1 atom stereocenters. The summed E-state index contributed by atoms with van der Waals surface area (Å²) in [5.41, 5.74) is 0.0198. The van der Waals surface area contributed by atoms with Gasteiger partial charge in [0.15, 0.2) is 0 Å². The Kier molecular flexibility index (Phi) is 7.65. The molecule has 0 spiro atoms. The highest BCUT2D eigenvalue weighted by Gasteiger charge is 2.29. The number of hydrogen-bond acceptors (Lipinski definition) is 5. The van der Waals surface area contributed by atoms with E-state index in [2.05, 4.69) is 0 Å². The number of nitrogens with zero attached hydrogens (tertiary/aromatic N) is 2. The van der Waals surface area contributed by atoms with Crippen LogP contribution in [0, 0.1) is 0 Å². The number of esters is 1. The van der Waals surface area contributed by atoms with Gasteiger partial charge in [0, 0.05) is 31.6 Å². The van der Waals surface area contributed by atoms with Gasteiger partial charge in [0.25, 0.3) is 5.91 Å². The van der Waals surface area contributed by atoms with Crippen molar-refractivity contribution in [1.82, 2.24) is 9.80 Å². The summed E-state index contributed by atoms with van der Waals surface area (Å²) in [5.74, 6) is 0.102. The van der Waals surface area contributed by atoms with Crippen molar-refractivity contribution in [2.24, 2.45) is 0 Å². The summed E-state index contributed by atoms with van der Waals surface area (Å²) in [4.78, 5) is 40.6. The number of hydrogen-bond donors (Lipinski definition) is 0. The summed E-state index contributed by atoms with van der Waals surface area (Å²) in [5, 5.41) is 0.